The quantitative estimate of drug-likeness (QED) is 0.860. The minimum atomic E-state index is -0.0307. The first kappa shape index (κ1) is 16.2. The second-order valence-electron chi connectivity index (χ2n) is 3.76. The summed E-state index contributed by atoms with van der Waals surface area (Å²) in [7, 11) is 0. The Bertz CT molecular complexity index is 329. The third-order valence-electron chi connectivity index (χ3n) is 2.56. The van der Waals surface area contributed by atoms with Crippen molar-refractivity contribution in [3.8, 4) is 0 Å². The van der Waals surface area contributed by atoms with Gasteiger partial charge in [-0.2, -0.15) is 0 Å². The molecule has 1 unspecified atom stereocenters. The monoisotopic (exact) mass is 277 g/mol. The zero-order valence-corrected chi connectivity index (χ0v) is 11.0. The molecule has 2 N–H and O–H groups in total. The maximum Gasteiger partial charge on any atom is 0.253 e. The lowest BCUT2D eigenvalue weighted by atomic mass is 10.1. The average Bonchev–Trinajstić information content (AvgIpc) is 2.31. The van der Waals surface area contributed by atoms with Crippen LogP contribution in [0.25, 0.3) is 0 Å². The summed E-state index contributed by atoms with van der Waals surface area (Å²) >= 11 is 0. The zero-order valence-electron chi connectivity index (χ0n) is 9.39. The maximum absolute atomic E-state index is 11.7. The van der Waals surface area contributed by atoms with E-state index in [1.54, 1.807) is 24.5 Å². The van der Waals surface area contributed by atoms with Gasteiger partial charge in [0.2, 0.25) is 0 Å². The molecule has 6 heteroatoms. The Kier molecular flexibility index (Phi) is 7.87. The Morgan fingerprint density at radius 1 is 1.47 bits per heavy atom. The Morgan fingerprint density at radius 2 is 2.29 bits per heavy atom. The van der Waals surface area contributed by atoms with Gasteiger partial charge in [0.1, 0.15) is 0 Å². The standard InChI is InChI=1S/C11H15N3O.2ClH/c15-11(9-3-1-5-12-7-9)14-10-4-2-6-13-8-10;;/h1,3,5,7,10,13H,2,4,6,8H2,(H,14,15);2*1H. The fourth-order valence-electron chi connectivity index (χ4n) is 1.74. The highest BCUT2D eigenvalue weighted by molar-refractivity contribution is 5.94. The van der Waals surface area contributed by atoms with Gasteiger partial charge in [-0.3, -0.25) is 9.78 Å². The molecule has 4 nitrogen and oxygen atoms in total. The molecule has 1 atom stereocenters. The van der Waals surface area contributed by atoms with Crippen LogP contribution in [0, 0.1) is 0 Å². The number of pyridine rings is 1. The van der Waals surface area contributed by atoms with E-state index in [-0.39, 0.29) is 36.8 Å². The molecule has 1 aromatic rings. The molecule has 96 valence electrons. The third-order valence-corrected chi connectivity index (χ3v) is 2.56. The number of rotatable bonds is 2. The summed E-state index contributed by atoms with van der Waals surface area (Å²) in [6.45, 7) is 1.92. The summed E-state index contributed by atoms with van der Waals surface area (Å²) in [6.07, 6.45) is 5.43. The van der Waals surface area contributed by atoms with Gasteiger partial charge in [0.05, 0.1) is 5.56 Å². The molecule has 0 bridgehead atoms. The number of carbonyl (C=O) groups is 1. The van der Waals surface area contributed by atoms with Crippen LogP contribution in [0.15, 0.2) is 24.5 Å². The van der Waals surface area contributed by atoms with Crippen LogP contribution < -0.4 is 10.6 Å². The van der Waals surface area contributed by atoms with Crippen molar-refractivity contribution in [2.45, 2.75) is 18.9 Å². The highest BCUT2D eigenvalue weighted by Crippen LogP contribution is 2.03. The summed E-state index contributed by atoms with van der Waals surface area (Å²) in [5, 5.41) is 6.26. The first-order valence-electron chi connectivity index (χ1n) is 5.28. The normalized spacial score (nSPS) is 18.5. The second kappa shape index (κ2) is 8.28. The highest BCUT2D eigenvalue weighted by atomic mass is 35.5. The molecule has 2 heterocycles. The van der Waals surface area contributed by atoms with Crippen molar-refractivity contribution in [2.24, 2.45) is 0 Å². The molecule has 1 fully saturated rings. The molecular weight excluding hydrogens is 261 g/mol. The molecule has 2 rings (SSSR count). The lowest BCUT2D eigenvalue weighted by Gasteiger charge is -2.23. The Morgan fingerprint density at radius 3 is 2.88 bits per heavy atom. The number of carbonyl (C=O) groups excluding carboxylic acids is 1. The Hall–Kier alpha value is -0.840. The number of nitrogens with one attached hydrogen (secondary N) is 2. The van der Waals surface area contributed by atoms with Crippen LogP contribution in [-0.2, 0) is 0 Å². The molecule has 0 aliphatic carbocycles. The minimum absolute atomic E-state index is 0. The molecule has 1 aromatic heterocycles. The van der Waals surface area contributed by atoms with E-state index in [1.807, 2.05) is 0 Å². The van der Waals surface area contributed by atoms with Crippen molar-refractivity contribution < 1.29 is 4.79 Å². The number of hydrogen-bond donors (Lipinski definition) is 2. The molecule has 0 saturated carbocycles. The fourth-order valence-corrected chi connectivity index (χ4v) is 1.74. The van der Waals surface area contributed by atoms with Crippen LogP contribution in [0.2, 0.25) is 0 Å². The van der Waals surface area contributed by atoms with Crippen molar-refractivity contribution in [3.05, 3.63) is 30.1 Å². The lowest BCUT2D eigenvalue weighted by molar-refractivity contribution is 0.0930. The number of hydrogen-bond acceptors (Lipinski definition) is 3. The molecule has 0 radical (unpaired) electrons. The van der Waals surface area contributed by atoms with Crippen molar-refractivity contribution >= 4 is 30.7 Å². The highest BCUT2D eigenvalue weighted by Gasteiger charge is 2.15. The Balaban J connectivity index is 0.00000128. The van der Waals surface area contributed by atoms with Crippen molar-refractivity contribution in [1.82, 2.24) is 15.6 Å². The summed E-state index contributed by atoms with van der Waals surface area (Å²) in [5.74, 6) is -0.0307. The smallest absolute Gasteiger partial charge is 0.253 e. The summed E-state index contributed by atoms with van der Waals surface area (Å²) in [5.41, 5.74) is 0.628. The molecule has 17 heavy (non-hydrogen) atoms. The van der Waals surface area contributed by atoms with E-state index in [4.69, 9.17) is 0 Å². The molecule has 0 aromatic carbocycles. The van der Waals surface area contributed by atoms with Gasteiger partial charge in [-0.1, -0.05) is 0 Å². The zero-order chi connectivity index (χ0) is 10.5. The average molecular weight is 278 g/mol. The SMILES string of the molecule is Cl.Cl.O=C(NC1CCCNC1)c1cccnc1. The largest absolute Gasteiger partial charge is 0.348 e. The van der Waals surface area contributed by atoms with E-state index in [1.165, 1.54) is 0 Å². The Labute approximate surface area is 113 Å². The van der Waals surface area contributed by atoms with E-state index in [2.05, 4.69) is 15.6 Å². The molecule has 0 spiro atoms. The maximum atomic E-state index is 11.7. The van der Waals surface area contributed by atoms with Crippen LogP contribution in [0.5, 0.6) is 0 Å². The molecular formula is C11H17Cl2N3O. The topological polar surface area (TPSA) is 54.0 Å². The molecule has 1 aliphatic heterocycles. The molecule has 1 saturated heterocycles. The summed E-state index contributed by atoms with van der Waals surface area (Å²) in [4.78, 5) is 15.7. The predicted molar refractivity (Wildman–Crippen MR) is 72.1 cm³/mol. The lowest BCUT2D eigenvalue weighted by Crippen LogP contribution is -2.45. The van der Waals surface area contributed by atoms with E-state index < -0.39 is 0 Å². The minimum Gasteiger partial charge on any atom is -0.348 e. The molecule has 1 amide bonds. The van der Waals surface area contributed by atoms with Gasteiger partial charge in [-0.15, -0.1) is 24.8 Å². The van der Waals surface area contributed by atoms with Crippen molar-refractivity contribution in [3.63, 3.8) is 0 Å². The number of aromatic nitrogens is 1. The summed E-state index contributed by atoms with van der Waals surface area (Å²) < 4.78 is 0. The predicted octanol–water partition coefficient (Wildman–Crippen LogP) is 1.41. The van der Waals surface area contributed by atoms with Crippen LogP contribution >= 0.6 is 24.8 Å². The van der Waals surface area contributed by atoms with E-state index in [0.29, 0.717) is 5.56 Å². The van der Waals surface area contributed by atoms with Gasteiger partial charge in [0.15, 0.2) is 0 Å². The van der Waals surface area contributed by atoms with Gasteiger partial charge in [-0.05, 0) is 31.5 Å². The van der Waals surface area contributed by atoms with Gasteiger partial charge in [0.25, 0.3) is 5.91 Å². The van der Waals surface area contributed by atoms with Gasteiger partial charge < -0.3 is 10.6 Å². The van der Waals surface area contributed by atoms with E-state index in [9.17, 15) is 4.79 Å². The number of halogens is 2. The summed E-state index contributed by atoms with van der Waals surface area (Å²) in [6, 6.07) is 3.80. The molecule has 1 aliphatic rings. The van der Waals surface area contributed by atoms with Gasteiger partial charge in [0, 0.05) is 25.0 Å². The number of amides is 1. The number of nitrogens with zero attached hydrogens (tertiary/aromatic N) is 1. The van der Waals surface area contributed by atoms with Crippen LogP contribution in [0.1, 0.15) is 23.2 Å². The van der Waals surface area contributed by atoms with Crippen LogP contribution in [0.4, 0.5) is 0 Å². The van der Waals surface area contributed by atoms with Gasteiger partial charge in [-0.25, -0.2) is 0 Å². The van der Waals surface area contributed by atoms with Crippen LogP contribution in [-0.4, -0.2) is 30.0 Å². The van der Waals surface area contributed by atoms with Crippen molar-refractivity contribution in [1.29, 1.82) is 0 Å². The van der Waals surface area contributed by atoms with E-state index >= 15 is 0 Å². The van der Waals surface area contributed by atoms with E-state index in [0.717, 1.165) is 25.9 Å². The second-order valence-corrected chi connectivity index (χ2v) is 3.76. The van der Waals surface area contributed by atoms with Gasteiger partial charge >= 0.3 is 0 Å². The third kappa shape index (κ3) is 4.89. The first-order valence-corrected chi connectivity index (χ1v) is 5.28. The number of piperidine rings is 1. The van der Waals surface area contributed by atoms with Crippen LogP contribution in [0.3, 0.4) is 0 Å². The first-order chi connectivity index (χ1) is 7.36. The van der Waals surface area contributed by atoms with Crippen molar-refractivity contribution in [2.75, 3.05) is 13.1 Å². The fraction of sp³-hybridized carbons (Fsp3) is 0.455.